The highest BCUT2D eigenvalue weighted by Gasteiger charge is 1.96. The molecule has 0 heterocycles. The van der Waals surface area contributed by atoms with Crippen LogP contribution in [0.3, 0.4) is 0 Å². The highest BCUT2D eigenvalue weighted by molar-refractivity contribution is 5.75. The number of guanidine groups is 1. The third-order valence-corrected chi connectivity index (χ3v) is 0.956. The number of rotatable bonds is 3. The van der Waals surface area contributed by atoms with Gasteiger partial charge >= 0.3 is 0 Å². The van der Waals surface area contributed by atoms with Gasteiger partial charge in [0.2, 0.25) is 0 Å². The number of nitrogens with two attached hydrogens (primary N) is 2. The van der Waals surface area contributed by atoms with Crippen LogP contribution in [-0.2, 0) is 0 Å². The second-order valence-electron chi connectivity index (χ2n) is 1.83. The molecule has 0 amide bonds. The van der Waals surface area contributed by atoms with Crippen molar-refractivity contribution < 1.29 is 5.11 Å². The lowest BCUT2D eigenvalue weighted by Crippen LogP contribution is -2.24. The summed E-state index contributed by atoms with van der Waals surface area (Å²) in [6.45, 7) is 2.17. The Balaban J connectivity index is 3.37. The maximum Gasteiger partial charge on any atom is 0.185 e. The Labute approximate surface area is 54.6 Å². The quantitative estimate of drug-likeness (QED) is 0.340. The van der Waals surface area contributed by atoms with Crippen LogP contribution in [-0.4, -0.2) is 23.7 Å². The molecule has 0 aliphatic rings. The fourth-order valence-corrected chi connectivity index (χ4v) is 0.340. The van der Waals surface area contributed by atoms with Gasteiger partial charge < -0.3 is 16.6 Å². The predicted octanol–water partition coefficient (Wildman–Crippen LogP) is -0.969. The molecule has 0 aliphatic heterocycles. The molecule has 0 aliphatic carbocycles. The van der Waals surface area contributed by atoms with Crippen molar-refractivity contribution in [1.82, 2.24) is 0 Å². The Hall–Kier alpha value is -0.770. The largest absolute Gasteiger partial charge is 0.391 e. The Kier molecular flexibility index (Phi) is 3.79. The van der Waals surface area contributed by atoms with Crippen molar-refractivity contribution in [1.29, 1.82) is 0 Å². The minimum absolute atomic E-state index is 0.0301. The summed E-state index contributed by atoms with van der Waals surface area (Å²) in [5.74, 6) is 0.0301. The summed E-state index contributed by atoms with van der Waals surface area (Å²) in [5.41, 5.74) is 10.0. The number of aliphatic hydroxyl groups excluding tert-OH is 1. The normalized spacial score (nSPS) is 12.7. The van der Waals surface area contributed by atoms with Crippen molar-refractivity contribution in [3.05, 3.63) is 0 Å². The smallest absolute Gasteiger partial charge is 0.185 e. The SMILES string of the molecule is CCC(O)CN=C(N)N. The van der Waals surface area contributed by atoms with E-state index in [2.05, 4.69) is 4.99 Å². The summed E-state index contributed by atoms with van der Waals surface area (Å²) in [5, 5.41) is 8.89. The van der Waals surface area contributed by atoms with E-state index in [1.54, 1.807) is 0 Å². The lowest BCUT2D eigenvalue weighted by molar-refractivity contribution is 0.179. The monoisotopic (exact) mass is 131 g/mol. The summed E-state index contributed by atoms with van der Waals surface area (Å²) < 4.78 is 0. The van der Waals surface area contributed by atoms with E-state index in [9.17, 15) is 0 Å². The van der Waals surface area contributed by atoms with Crippen LogP contribution in [0.1, 0.15) is 13.3 Å². The molecule has 0 bridgehead atoms. The van der Waals surface area contributed by atoms with Crippen molar-refractivity contribution in [2.24, 2.45) is 16.5 Å². The van der Waals surface area contributed by atoms with Crippen LogP contribution in [0.15, 0.2) is 4.99 Å². The van der Waals surface area contributed by atoms with Gasteiger partial charge in [-0.25, -0.2) is 0 Å². The van der Waals surface area contributed by atoms with Crippen LogP contribution in [0.4, 0.5) is 0 Å². The fourth-order valence-electron chi connectivity index (χ4n) is 0.340. The molecule has 1 unspecified atom stereocenters. The van der Waals surface area contributed by atoms with E-state index in [1.807, 2.05) is 6.92 Å². The highest BCUT2D eigenvalue weighted by Crippen LogP contribution is 1.88. The molecule has 4 nitrogen and oxygen atoms in total. The Bertz CT molecular complexity index is 98.4. The van der Waals surface area contributed by atoms with Crippen molar-refractivity contribution in [2.45, 2.75) is 19.4 Å². The molecule has 0 aromatic carbocycles. The van der Waals surface area contributed by atoms with Crippen LogP contribution in [0.5, 0.6) is 0 Å². The number of aliphatic imine (C=N–C) groups is 1. The average Bonchev–Trinajstić information content (AvgIpc) is 1.83. The number of hydrogen-bond donors (Lipinski definition) is 3. The molecule has 1 atom stereocenters. The Morgan fingerprint density at radius 3 is 2.56 bits per heavy atom. The highest BCUT2D eigenvalue weighted by atomic mass is 16.3. The third-order valence-electron chi connectivity index (χ3n) is 0.956. The first kappa shape index (κ1) is 8.23. The topological polar surface area (TPSA) is 84.6 Å². The second kappa shape index (κ2) is 4.14. The first-order valence-corrected chi connectivity index (χ1v) is 2.90. The second-order valence-corrected chi connectivity index (χ2v) is 1.83. The van der Waals surface area contributed by atoms with Gasteiger partial charge in [0.1, 0.15) is 0 Å². The minimum Gasteiger partial charge on any atom is -0.391 e. The standard InChI is InChI=1S/C5H13N3O/c1-2-4(9)3-8-5(6)7/h4,9H,2-3H2,1H3,(H4,6,7,8). The zero-order chi connectivity index (χ0) is 7.28. The van der Waals surface area contributed by atoms with E-state index >= 15 is 0 Å². The maximum atomic E-state index is 8.89. The molecular weight excluding hydrogens is 118 g/mol. The van der Waals surface area contributed by atoms with Crippen LogP contribution in [0, 0.1) is 0 Å². The van der Waals surface area contributed by atoms with Crippen LogP contribution in [0.25, 0.3) is 0 Å². The molecule has 0 saturated carbocycles. The molecule has 0 rings (SSSR count). The van der Waals surface area contributed by atoms with E-state index in [-0.39, 0.29) is 5.96 Å². The van der Waals surface area contributed by atoms with Gasteiger partial charge in [-0.1, -0.05) is 6.92 Å². The van der Waals surface area contributed by atoms with Crippen LogP contribution < -0.4 is 11.5 Å². The summed E-state index contributed by atoms with van der Waals surface area (Å²) in [4.78, 5) is 3.62. The first-order valence-electron chi connectivity index (χ1n) is 2.90. The van der Waals surface area contributed by atoms with Gasteiger partial charge in [0.15, 0.2) is 5.96 Å². The van der Waals surface area contributed by atoms with Gasteiger partial charge in [-0.05, 0) is 6.42 Å². The van der Waals surface area contributed by atoms with E-state index in [1.165, 1.54) is 0 Å². The molecule has 5 N–H and O–H groups in total. The van der Waals surface area contributed by atoms with Crippen molar-refractivity contribution in [2.75, 3.05) is 6.54 Å². The van der Waals surface area contributed by atoms with E-state index in [4.69, 9.17) is 16.6 Å². The number of hydrogen-bond acceptors (Lipinski definition) is 2. The van der Waals surface area contributed by atoms with Gasteiger partial charge in [0.25, 0.3) is 0 Å². The van der Waals surface area contributed by atoms with E-state index in [0.717, 1.165) is 0 Å². The van der Waals surface area contributed by atoms with Gasteiger partial charge in [-0.2, -0.15) is 0 Å². The lowest BCUT2D eigenvalue weighted by atomic mass is 10.3. The van der Waals surface area contributed by atoms with E-state index < -0.39 is 6.10 Å². The summed E-state index contributed by atoms with van der Waals surface area (Å²) >= 11 is 0. The molecule has 0 aromatic heterocycles. The zero-order valence-electron chi connectivity index (χ0n) is 5.54. The Morgan fingerprint density at radius 1 is 1.67 bits per heavy atom. The minimum atomic E-state index is -0.410. The van der Waals surface area contributed by atoms with Gasteiger partial charge in [-0.15, -0.1) is 0 Å². The van der Waals surface area contributed by atoms with Crippen molar-refractivity contribution in [3.63, 3.8) is 0 Å². The number of aliphatic hydroxyl groups is 1. The number of nitrogens with zero attached hydrogens (tertiary/aromatic N) is 1. The predicted molar refractivity (Wildman–Crippen MR) is 37.0 cm³/mol. The maximum absolute atomic E-state index is 8.89. The van der Waals surface area contributed by atoms with Gasteiger partial charge in [0, 0.05) is 0 Å². The van der Waals surface area contributed by atoms with E-state index in [0.29, 0.717) is 13.0 Å². The summed E-state index contributed by atoms with van der Waals surface area (Å²) in [6, 6.07) is 0. The van der Waals surface area contributed by atoms with Crippen LogP contribution in [0.2, 0.25) is 0 Å². The molecular formula is C5H13N3O. The molecule has 0 spiro atoms. The Morgan fingerprint density at radius 2 is 2.22 bits per heavy atom. The molecule has 0 aromatic rings. The van der Waals surface area contributed by atoms with Crippen molar-refractivity contribution >= 4 is 5.96 Å². The molecule has 9 heavy (non-hydrogen) atoms. The molecule has 0 radical (unpaired) electrons. The van der Waals surface area contributed by atoms with Gasteiger partial charge in [-0.3, -0.25) is 4.99 Å². The van der Waals surface area contributed by atoms with Gasteiger partial charge in [0.05, 0.1) is 12.6 Å². The first-order chi connectivity index (χ1) is 4.16. The summed E-state index contributed by atoms with van der Waals surface area (Å²) in [6.07, 6.45) is 0.267. The molecule has 0 saturated heterocycles. The third kappa shape index (κ3) is 5.10. The fraction of sp³-hybridized carbons (Fsp3) is 0.800. The molecule has 0 fully saturated rings. The summed E-state index contributed by atoms with van der Waals surface area (Å²) in [7, 11) is 0. The molecule has 4 heteroatoms. The lowest BCUT2D eigenvalue weighted by Gasteiger charge is -2.01. The van der Waals surface area contributed by atoms with Crippen LogP contribution >= 0.6 is 0 Å². The molecule has 54 valence electrons. The van der Waals surface area contributed by atoms with Crippen molar-refractivity contribution in [3.8, 4) is 0 Å². The average molecular weight is 131 g/mol. The zero-order valence-corrected chi connectivity index (χ0v) is 5.54.